The quantitative estimate of drug-likeness (QED) is 0.208. The predicted molar refractivity (Wildman–Crippen MR) is 158 cm³/mol. The SMILES string of the molecule is Cc1nn2c(=O)n(Cc3ccccc3)c(C(C)CCN(CCCN(C)C)C(=O)c3ccc(C(F)(F)F)cc3)cc2c1Cl. The lowest BCUT2D eigenvalue weighted by molar-refractivity contribution is -0.137. The molecule has 0 aliphatic heterocycles. The lowest BCUT2D eigenvalue weighted by Gasteiger charge is -2.26. The molecule has 0 radical (unpaired) electrons. The van der Waals surface area contributed by atoms with E-state index in [0.29, 0.717) is 48.7 Å². The average Bonchev–Trinajstić information content (AvgIpc) is 3.24. The number of carbonyl (C=O) groups excluding carboxylic acids is 1. The Hall–Kier alpha value is -3.63. The topological polar surface area (TPSA) is 62.9 Å². The van der Waals surface area contributed by atoms with Crippen LogP contribution in [0.25, 0.3) is 5.52 Å². The van der Waals surface area contributed by atoms with Gasteiger partial charge in [0.15, 0.2) is 0 Å². The van der Waals surface area contributed by atoms with E-state index >= 15 is 0 Å². The molecule has 2 heterocycles. The Morgan fingerprint density at radius 1 is 1.02 bits per heavy atom. The van der Waals surface area contributed by atoms with Crippen LogP contribution in [0, 0.1) is 6.92 Å². The smallest absolute Gasteiger partial charge is 0.339 e. The highest BCUT2D eigenvalue weighted by molar-refractivity contribution is 6.34. The number of hydrogen-bond acceptors (Lipinski definition) is 4. The highest BCUT2D eigenvalue weighted by atomic mass is 35.5. The van der Waals surface area contributed by atoms with Crippen LogP contribution in [-0.4, -0.2) is 63.6 Å². The molecule has 1 unspecified atom stereocenters. The summed E-state index contributed by atoms with van der Waals surface area (Å²) in [5.74, 6) is -0.490. The number of fused-ring (bicyclic) bond motifs is 1. The van der Waals surface area contributed by atoms with Gasteiger partial charge >= 0.3 is 11.9 Å². The van der Waals surface area contributed by atoms with Crippen molar-refractivity contribution in [1.82, 2.24) is 24.0 Å². The monoisotopic (exact) mass is 601 g/mol. The number of carbonyl (C=O) groups is 1. The van der Waals surface area contributed by atoms with Crippen LogP contribution in [0.4, 0.5) is 13.2 Å². The van der Waals surface area contributed by atoms with Crippen molar-refractivity contribution in [3.8, 4) is 0 Å². The van der Waals surface area contributed by atoms with Crippen molar-refractivity contribution in [2.75, 3.05) is 33.7 Å². The van der Waals surface area contributed by atoms with Gasteiger partial charge in [0.05, 0.1) is 28.3 Å². The predicted octanol–water partition coefficient (Wildman–Crippen LogP) is 6.11. The van der Waals surface area contributed by atoms with Crippen molar-refractivity contribution in [2.24, 2.45) is 0 Å². The van der Waals surface area contributed by atoms with E-state index in [1.165, 1.54) is 16.6 Å². The summed E-state index contributed by atoms with van der Waals surface area (Å²) in [5, 5.41) is 4.75. The van der Waals surface area contributed by atoms with Crippen LogP contribution in [0.15, 0.2) is 65.5 Å². The van der Waals surface area contributed by atoms with Crippen molar-refractivity contribution in [1.29, 1.82) is 0 Å². The first-order chi connectivity index (χ1) is 19.9. The Morgan fingerprint density at radius 2 is 1.69 bits per heavy atom. The molecule has 2 aromatic heterocycles. The fraction of sp³-hybridized carbons (Fsp3) is 0.387. The maximum Gasteiger partial charge on any atom is 0.416 e. The Labute approximate surface area is 248 Å². The molecular formula is C31H35ClF3N5O2. The van der Waals surface area contributed by atoms with Crippen molar-refractivity contribution < 1.29 is 18.0 Å². The van der Waals surface area contributed by atoms with Gasteiger partial charge in [-0.15, -0.1) is 0 Å². The Kier molecular flexibility index (Phi) is 9.78. The lowest BCUT2D eigenvalue weighted by Crippen LogP contribution is -2.35. The van der Waals surface area contributed by atoms with E-state index < -0.39 is 11.7 Å². The number of amides is 1. The second-order valence-electron chi connectivity index (χ2n) is 10.8. The zero-order valence-corrected chi connectivity index (χ0v) is 24.9. The van der Waals surface area contributed by atoms with Gasteiger partial charge in [-0.25, -0.2) is 4.79 Å². The largest absolute Gasteiger partial charge is 0.416 e. The minimum atomic E-state index is -4.48. The van der Waals surface area contributed by atoms with E-state index in [9.17, 15) is 22.8 Å². The average molecular weight is 602 g/mol. The first kappa shape index (κ1) is 31.3. The van der Waals surface area contributed by atoms with Crippen LogP contribution in [0.5, 0.6) is 0 Å². The summed E-state index contributed by atoms with van der Waals surface area (Å²) in [5.41, 5.74) is 1.88. The summed E-state index contributed by atoms with van der Waals surface area (Å²) in [7, 11) is 3.88. The summed E-state index contributed by atoms with van der Waals surface area (Å²) in [6.07, 6.45) is -3.26. The van der Waals surface area contributed by atoms with E-state index in [1.807, 2.05) is 62.3 Å². The molecule has 0 saturated heterocycles. The summed E-state index contributed by atoms with van der Waals surface area (Å²) >= 11 is 6.50. The lowest BCUT2D eigenvalue weighted by atomic mass is 10.0. The highest BCUT2D eigenvalue weighted by Gasteiger charge is 2.30. The van der Waals surface area contributed by atoms with Crippen LogP contribution in [0.3, 0.4) is 0 Å². The van der Waals surface area contributed by atoms with Gasteiger partial charge in [-0.3, -0.25) is 9.36 Å². The summed E-state index contributed by atoms with van der Waals surface area (Å²) in [4.78, 5) is 30.8. The molecule has 0 spiro atoms. The second kappa shape index (κ2) is 13.1. The molecule has 4 rings (SSSR count). The molecule has 0 aliphatic carbocycles. The maximum absolute atomic E-state index is 13.6. The fourth-order valence-electron chi connectivity index (χ4n) is 4.95. The van der Waals surface area contributed by atoms with Gasteiger partial charge in [-0.2, -0.15) is 22.8 Å². The first-order valence-electron chi connectivity index (χ1n) is 13.8. The summed E-state index contributed by atoms with van der Waals surface area (Å²) in [6, 6.07) is 15.8. The molecule has 0 fully saturated rings. The minimum Gasteiger partial charge on any atom is -0.339 e. The van der Waals surface area contributed by atoms with Crippen molar-refractivity contribution in [3.05, 3.63) is 104 Å². The van der Waals surface area contributed by atoms with Gasteiger partial charge < -0.3 is 9.80 Å². The van der Waals surface area contributed by atoms with Crippen LogP contribution in [0.2, 0.25) is 5.02 Å². The number of nitrogens with zero attached hydrogens (tertiary/aromatic N) is 5. The van der Waals surface area contributed by atoms with Gasteiger partial charge in [-0.05, 0) is 82.2 Å². The number of hydrogen-bond donors (Lipinski definition) is 0. The Bertz CT molecular complexity index is 1580. The van der Waals surface area contributed by atoms with Crippen molar-refractivity contribution in [3.63, 3.8) is 0 Å². The second-order valence-corrected chi connectivity index (χ2v) is 11.2. The van der Waals surface area contributed by atoms with E-state index in [4.69, 9.17) is 11.6 Å². The molecule has 0 N–H and O–H groups in total. The van der Waals surface area contributed by atoms with E-state index in [0.717, 1.165) is 29.9 Å². The minimum absolute atomic E-state index is 0.158. The molecule has 0 saturated carbocycles. The number of halogens is 4. The number of alkyl halides is 3. The molecule has 42 heavy (non-hydrogen) atoms. The molecule has 7 nitrogen and oxygen atoms in total. The van der Waals surface area contributed by atoms with Crippen LogP contribution in [0.1, 0.15) is 58.6 Å². The molecule has 1 atom stereocenters. The van der Waals surface area contributed by atoms with Gasteiger partial charge in [0.1, 0.15) is 0 Å². The van der Waals surface area contributed by atoms with Gasteiger partial charge in [-0.1, -0.05) is 48.9 Å². The van der Waals surface area contributed by atoms with E-state index in [2.05, 4.69) is 5.10 Å². The number of aromatic nitrogens is 3. The molecule has 1 amide bonds. The Morgan fingerprint density at radius 3 is 2.31 bits per heavy atom. The fourth-order valence-corrected chi connectivity index (χ4v) is 5.12. The third-order valence-electron chi connectivity index (χ3n) is 7.33. The molecule has 224 valence electrons. The molecule has 0 aliphatic rings. The van der Waals surface area contributed by atoms with Crippen molar-refractivity contribution in [2.45, 2.75) is 45.3 Å². The van der Waals surface area contributed by atoms with Crippen molar-refractivity contribution >= 4 is 23.0 Å². The summed E-state index contributed by atoms with van der Waals surface area (Å²) in [6.45, 7) is 5.61. The molecule has 11 heteroatoms. The zero-order valence-electron chi connectivity index (χ0n) is 24.2. The normalized spacial score (nSPS) is 12.7. The third kappa shape index (κ3) is 7.22. The van der Waals surface area contributed by atoms with E-state index in [-0.39, 0.29) is 23.1 Å². The van der Waals surface area contributed by atoms with Crippen LogP contribution in [-0.2, 0) is 12.7 Å². The van der Waals surface area contributed by atoms with E-state index in [1.54, 1.807) is 16.4 Å². The Balaban J connectivity index is 1.63. The van der Waals surface area contributed by atoms with Gasteiger partial charge in [0.25, 0.3) is 5.91 Å². The van der Waals surface area contributed by atoms with Crippen LogP contribution >= 0.6 is 11.6 Å². The van der Waals surface area contributed by atoms with Gasteiger partial charge in [0.2, 0.25) is 0 Å². The van der Waals surface area contributed by atoms with Crippen LogP contribution < -0.4 is 5.69 Å². The zero-order chi connectivity index (χ0) is 30.6. The number of aryl methyl sites for hydroxylation is 1. The molecular weight excluding hydrogens is 567 g/mol. The highest BCUT2D eigenvalue weighted by Crippen LogP contribution is 2.30. The first-order valence-corrected chi connectivity index (χ1v) is 14.2. The molecule has 4 aromatic rings. The standard InChI is InChI=1S/C31H35ClF3N5O2/c1-21(15-18-38(17-8-16-37(3)4)29(41)24-11-13-25(14-12-24)31(33,34)35)26-19-27-28(32)22(2)36-40(27)30(42)39(26)20-23-9-6-5-7-10-23/h5-7,9-14,19,21H,8,15-18,20H2,1-4H3. The van der Waals surface area contributed by atoms with Gasteiger partial charge in [0, 0.05) is 24.3 Å². The third-order valence-corrected chi connectivity index (χ3v) is 7.80. The maximum atomic E-state index is 13.6. The summed E-state index contributed by atoms with van der Waals surface area (Å²) < 4.78 is 42.2. The number of benzene rings is 2. The number of rotatable bonds is 11. The molecule has 0 bridgehead atoms. The molecule has 2 aromatic carbocycles.